The summed E-state index contributed by atoms with van der Waals surface area (Å²) in [4.78, 5) is 15.3. The van der Waals surface area contributed by atoms with Gasteiger partial charge in [-0.05, 0) is 43.4 Å². The largest absolute Gasteiger partial charge is 0.379 e. The van der Waals surface area contributed by atoms with Gasteiger partial charge in [-0.1, -0.05) is 0 Å². The molecule has 2 aromatic heterocycles. The molecule has 0 aliphatic carbocycles. The van der Waals surface area contributed by atoms with Gasteiger partial charge in [-0.25, -0.2) is 9.97 Å². The van der Waals surface area contributed by atoms with Crippen LogP contribution in [-0.4, -0.2) is 47.3 Å². The molecule has 6 nitrogen and oxygen atoms in total. The number of hydrogen-bond donors (Lipinski definition) is 1. The van der Waals surface area contributed by atoms with E-state index in [1.54, 1.807) is 6.33 Å². The molecule has 2 saturated heterocycles. The summed E-state index contributed by atoms with van der Waals surface area (Å²) in [6.45, 7) is 3.68. The first-order valence-corrected chi connectivity index (χ1v) is 9.19. The van der Waals surface area contributed by atoms with E-state index >= 15 is 0 Å². The van der Waals surface area contributed by atoms with Crippen LogP contribution in [0.15, 0.2) is 36.9 Å². The summed E-state index contributed by atoms with van der Waals surface area (Å²) in [5.41, 5.74) is 1.30. The van der Waals surface area contributed by atoms with E-state index in [1.165, 1.54) is 24.8 Å². The van der Waals surface area contributed by atoms with Crippen LogP contribution in [-0.2, 0) is 11.2 Å². The molecule has 0 spiro atoms. The van der Waals surface area contributed by atoms with Crippen LogP contribution in [0.25, 0.3) is 0 Å². The maximum absolute atomic E-state index is 5.73. The zero-order chi connectivity index (χ0) is 16.9. The van der Waals surface area contributed by atoms with Crippen molar-refractivity contribution in [2.24, 2.45) is 5.92 Å². The first-order chi connectivity index (χ1) is 12.4. The lowest BCUT2D eigenvalue weighted by Crippen LogP contribution is -2.31. The van der Waals surface area contributed by atoms with Crippen LogP contribution in [0.4, 0.5) is 11.6 Å². The third-order valence-corrected chi connectivity index (χ3v) is 5.11. The molecule has 2 aliphatic rings. The molecule has 4 rings (SSSR count). The van der Waals surface area contributed by atoms with Gasteiger partial charge >= 0.3 is 0 Å². The molecular formula is C19H25N5O. The second kappa shape index (κ2) is 7.78. The molecule has 0 amide bonds. The van der Waals surface area contributed by atoms with Crippen molar-refractivity contribution in [3.63, 3.8) is 0 Å². The lowest BCUT2D eigenvalue weighted by molar-refractivity contribution is 0.185. The highest BCUT2D eigenvalue weighted by Gasteiger charge is 2.28. The minimum atomic E-state index is 0.275. The average Bonchev–Trinajstić information content (AvgIpc) is 3.10. The fraction of sp³-hybridized carbons (Fsp3) is 0.526. The van der Waals surface area contributed by atoms with Crippen molar-refractivity contribution in [2.45, 2.75) is 31.7 Å². The zero-order valence-corrected chi connectivity index (χ0v) is 14.5. The van der Waals surface area contributed by atoms with Crippen LogP contribution in [0.3, 0.4) is 0 Å². The highest BCUT2D eigenvalue weighted by atomic mass is 16.5. The van der Waals surface area contributed by atoms with Gasteiger partial charge in [-0.3, -0.25) is 4.98 Å². The zero-order valence-electron chi connectivity index (χ0n) is 14.5. The predicted molar refractivity (Wildman–Crippen MR) is 97.8 cm³/mol. The van der Waals surface area contributed by atoms with Gasteiger partial charge in [0.05, 0.1) is 19.3 Å². The molecule has 132 valence electrons. The van der Waals surface area contributed by atoms with Gasteiger partial charge in [-0.15, -0.1) is 0 Å². The Hall–Kier alpha value is -2.21. The first-order valence-electron chi connectivity index (χ1n) is 9.19. The van der Waals surface area contributed by atoms with Crippen molar-refractivity contribution in [1.29, 1.82) is 0 Å². The molecule has 1 N–H and O–H groups in total. The number of hydrogen-bond acceptors (Lipinski definition) is 6. The van der Waals surface area contributed by atoms with Gasteiger partial charge in [0.15, 0.2) is 0 Å². The van der Waals surface area contributed by atoms with Crippen LogP contribution >= 0.6 is 0 Å². The molecule has 2 aliphatic heterocycles. The number of rotatable bonds is 5. The fourth-order valence-corrected chi connectivity index (χ4v) is 3.69. The van der Waals surface area contributed by atoms with Gasteiger partial charge in [0.25, 0.3) is 0 Å². The van der Waals surface area contributed by atoms with Gasteiger partial charge in [0, 0.05) is 37.5 Å². The number of ether oxygens (including phenoxy) is 1. The maximum atomic E-state index is 5.73. The van der Waals surface area contributed by atoms with Gasteiger partial charge in [-0.2, -0.15) is 0 Å². The van der Waals surface area contributed by atoms with Gasteiger partial charge < -0.3 is 15.0 Å². The van der Waals surface area contributed by atoms with Gasteiger partial charge in [0.1, 0.15) is 18.0 Å². The molecule has 0 unspecified atom stereocenters. The number of aromatic nitrogens is 3. The Kier molecular flexibility index (Phi) is 5.06. The quantitative estimate of drug-likeness (QED) is 0.903. The second-order valence-electron chi connectivity index (χ2n) is 6.92. The van der Waals surface area contributed by atoms with Crippen LogP contribution in [0.1, 0.15) is 24.8 Å². The summed E-state index contributed by atoms with van der Waals surface area (Å²) in [5, 5.41) is 3.57. The van der Waals surface area contributed by atoms with E-state index in [4.69, 9.17) is 4.74 Å². The van der Waals surface area contributed by atoms with Crippen molar-refractivity contribution in [3.8, 4) is 0 Å². The summed E-state index contributed by atoms with van der Waals surface area (Å²) in [6.07, 6.45) is 10.2. The van der Waals surface area contributed by atoms with E-state index in [9.17, 15) is 0 Å². The summed E-state index contributed by atoms with van der Waals surface area (Å²) < 4.78 is 5.73. The van der Waals surface area contributed by atoms with Crippen LogP contribution in [0.5, 0.6) is 0 Å². The Bertz CT molecular complexity index is 675. The van der Waals surface area contributed by atoms with E-state index in [0.29, 0.717) is 5.92 Å². The summed E-state index contributed by atoms with van der Waals surface area (Å²) in [6, 6.07) is 6.51. The monoisotopic (exact) mass is 339 g/mol. The van der Waals surface area contributed by atoms with Crippen molar-refractivity contribution in [1.82, 2.24) is 15.0 Å². The molecule has 4 heterocycles. The molecular weight excluding hydrogens is 314 g/mol. The third kappa shape index (κ3) is 4.07. The Balaban J connectivity index is 1.42. The Morgan fingerprint density at radius 2 is 1.92 bits per heavy atom. The molecule has 0 radical (unpaired) electrons. The maximum Gasteiger partial charge on any atom is 0.134 e. The molecule has 2 atom stereocenters. The highest BCUT2D eigenvalue weighted by molar-refractivity contribution is 5.49. The molecule has 0 aromatic carbocycles. The minimum Gasteiger partial charge on any atom is -0.379 e. The summed E-state index contributed by atoms with van der Waals surface area (Å²) in [5.74, 6) is 2.36. The number of pyridine rings is 1. The number of piperidine rings is 1. The molecule has 2 fully saturated rings. The van der Waals surface area contributed by atoms with Crippen LogP contribution < -0.4 is 10.2 Å². The molecule has 0 saturated carbocycles. The topological polar surface area (TPSA) is 63.2 Å². The van der Waals surface area contributed by atoms with Crippen molar-refractivity contribution in [2.75, 3.05) is 36.5 Å². The van der Waals surface area contributed by atoms with Gasteiger partial charge in [0.2, 0.25) is 0 Å². The van der Waals surface area contributed by atoms with E-state index < -0.39 is 0 Å². The van der Waals surface area contributed by atoms with Crippen molar-refractivity contribution in [3.05, 3.63) is 42.5 Å². The van der Waals surface area contributed by atoms with Crippen LogP contribution in [0, 0.1) is 5.92 Å². The average molecular weight is 339 g/mol. The number of anilines is 2. The standard InChI is InChI=1S/C19H25N5O/c1-2-8-24(9-3-1)19-11-18(21-14-22-19)23-17-13-25-12-16(17)10-15-4-6-20-7-5-15/h4-7,11,14,16-17H,1-3,8-10,12-13H2,(H,21,22,23)/t16-,17-/m1/s1. The van der Waals surface area contributed by atoms with Crippen molar-refractivity contribution >= 4 is 11.6 Å². The van der Waals surface area contributed by atoms with Crippen molar-refractivity contribution < 1.29 is 4.74 Å². The Labute approximate surface area is 148 Å². The Morgan fingerprint density at radius 1 is 1.08 bits per heavy atom. The molecule has 25 heavy (non-hydrogen) atoms. The predicted octanol–water partition coefficient (Wildman–Crippen LogP) is 2.53. The van der Waals surface area contributed by atoms with Crippen LogP contribution in [0.2, 0.25) is 0 Å². The third-order valence-electron chi connectivity index (χ3n) is 5.11. The molecule has 6 heteroatoms. The van der Waals surface area contributed by atoms with E-state index in [0.717, 1.165) is 44.4 Å². The normalized spacial score (nSPS) is 23.6. The number of nitrogens with one attached hydrogen (secondary N) is 1. The van der Waals surface area contributed by atoms with E-state index in [2.05, 4.69) is 43.4 Å². The first kappa shape index (κ1) is 16.3. The summed E-state index contributed by atoms with van der Waals surface area (Å²) in [7, 11) is 0. The second-order valence-corrected chi connectivity index (χ2v) is 6.92. The van der Waals surface area contributed by atoms with E-state index in [1.807, 2.05) is 12.4 Å². The fourth-order valence-electron chi connectivity index (χ4n) is 3.69. The summed E-state index contributed by atoms with van der Waals surface area (Å²) >= 11 is 0. The smallest absolute Gasteiger partial charge is 0.134 e. The highest BCUT2D eigenvalue weighted by Crippen LogP contribution is 2.24. The number of nitrogens with zero attached hydrogens (tertiary/aromatic N) is 4. The lowest BCUT2D eigenvalue weighted by Gasteiger charge is -2.28. The lowest BCUT2D eigenvalue weighted by atomic mass is 9.95. The SMILES string of the molecule is c1cc(C[C@@H]2COC[C@H]2Nc2cc(N3CCCCC3)ncn2)ccn1. The molecule has 2 aromatic rings. The minimum absolute atomic E-state index is 0.275. The van der Waals surface area contributed by atoms with E-state index in [-0.39, 0.29) is 6.04 Å². The Morgan fingerprint density at radius 3 is 2.76 bits per heavy atom. The molecule has 0 bridgehead atoms.